The number of carbonyl (C=O) groups excluding carboxylic acids is 1. The van der Waals surface area contributed by atoms with Gasteiger partial charge in [0.2, 0.25) is 0 Å². The fourth-order valence-electron chi connectivity index (χ4n) is 2.05. The molecule has 0 saturated heterocycles. The Hall–Kier alpha value is -1.82. The lowest BCUT2D eigenvalue weighted by atomic mass is 9.88. The molecule has 1 atom stereocenters. The number of Topliss-reactive ketones (excluding diaryl/α,β-unsaturated/α-hetero) is 1. The second-order valence-electron chi connectivity index (χ2n) is 4.29. The van der Waals surface area contributed by atoms with Gasteiger partial charge >= 0.3 is 0 Å². The maximum Gasteiger partial charge on any atom is 0.174 e. The molecule has 0 aliphatic carbocycles. The molecule has 0 fully saturated rings. The van der Waals surface area contributed by atoms with Crippen molar-refractivity contribution < 1.29 is 4.79 Å². The molecule has 0 amide bonds. The molecule has 0 aromatic heterocycles. The monoisotopic (exact) mass is 303 g/mol. The van der Waals surface area contributed by atoms with E-state index in [4.69, 9.17) is 28.5 Å². The van der Waals surface area contributed by atoms with Crippen molar-refractivity contribution in [2.24, 2.45) is 0 Å². The Morgan fingerprint density at radius 2 is 1.65 bits per heavy atom. The second-order valence-corrected chi connectivity index (χ2v) is 5.10. The van der Waals surface area contributed by atoms with Gasteiger partial charge in [-0.05, 0) is 17.7 Å². The number of hydrogen-bond donors (Lipinski definition) is 0. The molecular weight excluding hydrogens is 293 g/mol. The molecule has 0 radical (unpaired) electrons. The highest BCUT2D eigenvalue weighted by molar-refractivity contribution is 6.40. The first-order valence-corrected chi connectivity index (χ1v) is 6.81. The first kappa shape index (κ1) is 14.6. The highest BCUT2D eigenvalue weighted by Gasteiger charge is 2.25. The van der Waals surface area contributed by atoms with Crippen molar-refractivity contribution in [2.75, 3.05) is 0 Å². The molecule has 0 heterocycles. The van der Waals surface area contributed by atoms with Crippen LogP contribution >= 0.6 is 23.2 Å². The number of nitriles is 1. The quantitative estimate of drug-likeness (QED) is 0.756. The van der Waals surface area contributed by atoms with E-state index in [-0.39, 0.29) is 17.8 Å². The van der Waals surface area contributed by atoms with E-state index in [2.05, 4.69) is 0 Å². The fourth-order valence-corrected chi connectivity index (χ4v) is 2.63. The number of halogens is 2. The summed E-state index contributed by atoms with van der Waals surface area (Å²) in [5.74, 6) is -0.785. The summed E-state index contributed by atoms with van der Waals surface area (Å²) in [6.45, 7) is 0. The van der Waals surface area contributed by atoms with Gasteiger partial charge in [-0.3, -0.25) is 4.79 Å². The van der Waals surface area contributed by atoms with E-state index in [1.165, 1.54) is 0 Å². The normalized spacial score (nSPS) is 11.7. The van der Waals surface area contributed by atoms with Crippen molar-refractivity contribution in [2.45, 2.75) is 12.3 Å². The van der Waals surface area contributed by atoms with E-state index in [1.54, 1.807) is 18.2 Å². The van der Waals surface area contributed by atoms with Crippen molar-refractivity contribution >= 4 is 29.0 Å². The number of benzene rings is 2. The summed E-state index contributed by atoms with van der Waals surface area (Å²) in [6, 6.07) is 16.2. The highest BCUT2D eigenvalue weighted by Crippen LogP contribution is 2.31. The Labute approximate surface area is 127 Å². The topological polar surface area (TPSA) is 40.9 Å². The zero-order valence-corrected chi connectivity index (χ0v) is 12.0. The average molecular weight is 304 g/mol. The number of ketones is 1. The van der Waals surface area contributed by atoms with Gasteiger partial charge in [0.1, 0.15) is 0 Å². The second kappa shape index (κ2) is 6.56. The number of hydrogen-bond acceptors (Lipinski definition) is 2. The molecule has 0 aliphatic heterocycles. The summed E-state index contributed by atoms with van der Waals surface area (Å²) in [5, 5.41) is 9.58. The lowest BCUT2D eigenvalue weighted by Crippen LogP contribution is -2.13. The third-order valence-electron chi connectivity index (χ3n) is 3.02. The van der Waals surface area contributed by atoms with Crippen LogP contribution in [0.2, 0.25) is 10.0 Å². The molecule has 0 bridgehead atoms. The van der Waals surface area contributed by atoms with Crippen LogP contribution in [0.25, 0.3) is 0 Å². The van der Waals surface area contributed by atoms with Gasteiger partial charge in [0, 0.05) is 6.42 Å². The molecule has 20 heavy (non-hydrogen) atoms. The van der Waals surface area contributed by atoms with E-state index >= 15 is 0 Å². The summed E-state index contributed by atoms with van der Waals surface area (Å²) in [7, 11) is 0. The molecular formula is C16H11Cl2NO. The molecule has 0 spiro atoms. The molecule has 2 aromatic carbocycles. The van der Waals surface area contributed by atoms with Gasteiger partial charge in [0.15, 0.2) is 5.78 Å². The van der Waals surface area contributed by atoms with Crippen LogP contribution in [0.15, 0.2) is 48.5 Å². The lowest BCUT2D eigenvalue weighted by Gasteiger charge is -2.15. The minimum atomic E-state index is -0.557. The number of carbonyl (C=O) groups is 1. The van der Waals surface area contributed by atoms with Gasteiger partial charge in [-0.2, -0.15) is 5.26 Å². The molecule has 4 heteroatoms. The van der Waals surface area contributed by atoms with Crippen molar-refractivity contribution in [1.29, 1.82) is 5.26 Å². The van der Waals surface area contributed by atoms with Gasteiger partial charge < -0.3 is 0 Å². The summed E-state index contributed by atoms with van der Waals surface area (Å²) >= 11 is 12.1. The summed E-state index contributed by atoms with van der Waals surface area (Å²) < 4.78 is 0. The Morgan fingerprint density at radius 1 is 1.05 bits per heavy atom. The molecule has 100 valence electrons. The Morgan fingerprint density at radius 3 is 2.20 bits per heavy atom. The van der Waals surface area contributed by atoms with Crippen LogP contribution < -0.4 is 0 Å². The van der Waals surface area contributed by atoms with E-state index < -0.39 is 5.92 Å². The first-order valence-electron chi connectivity index (χ1n) is 6.05. The van der Waals surface area contributed by atoms with Crippen LogP contribution in [0.4, 0.5) is 0 Å². The minimum absolute atomic E-state index is 0.0877. The molecule has 2 rings (SSSR count). The standard InChI is InChI=1S/C16H11Cl2NO/c17-13-7-4-8-14(18)15(13)16(20)12(9-10-19)11-5-2-1-3-6-11/h1-8,12H,9H2. The Kier molecular flexibility index (Phi) is 4.79. The molecule has 0 saturated carbocycles. The maximum atomic E-state index is 12.7. The minimum Gasteiger partial charge on any atom is -0.293 e. The largest absolute Gasteiger partial charge is 0.293 e. The third kappa shape index (κ3) is 3.01. The van der Waals surface area contributed by atoms with Crippen LogP contribution in [0.3, 0.4) is 0 Å². The van der Waals surface area contributed by atoms with Gasteiger partial charge in [-0.25, -0.2) is 0 Å². The average Bonchev–Trinajstić information content (AvgIpc) is 2.45. The lowest BCUT2D eigenvalue weighted by molar-refractivity contribution is 0.0961. The zero-order chi connectivity index (χ0) is 14.5. The predicted octanol–water partition coefficient (Wildman–Crippen LogP) is 4.87. The van der Waals surface area contributed by atoms with E-state index in [9.17, 15) is 4.79 Å². The van der Waals surface area contributed by atoms with Gasteiger partial charge in [-0.15, -0.1) is 0 Å². The van der Waals surface area contributed by atoms with Gasteiger partial charge in [0.25, 0.3) is 0 Å². The third-order valence-corrected chi connectivity index (χ3v) is 3.65. The van der Waals surface area contributed by atoms with E-state index in [0.29, 0.717) is 10.0 Å². The molecule has 1 unspecified atom stereocenters. The van der Waals surface area contributed by atoms with Gasteiger partial charge in [-0.1, -0.05) is 59.6 Å². The molecule has 2 aromatic rings. The molecule has 2 nitrogen and oxygen atoms in total. The SMILES string of the molecule is N#CCC(C(=O)c1c(Cl)cccc1Cl)c1ccccc1. The van der Waals surface area contributed by atoms with Crippen molar-refractivity contribution in [3.8, 4) is 6.07 Å². The maximum absolute atomic E-state index is 12.7. The van der Waals surface area contributed by atoms with Crippen LogP contribution in [0, 0.1) is 11.3 Å². The summed E-state index contributed by atoms with van der Waals surface area (Å²) in [6.07, 6.45) is 0.0877. The van der Waals surface area contributed by atoms with Crippen LogP contribution in [-0.2, 0) is 0 Å². The summed E-state index contributed by atoms with van der Waals surface area (Å²) in [4.78, 5) is 12.7. The zero-order valence-electron chi connectivity index (χ0n) is 10.5. The van der Waals surface area contributed by atoms with Crippen LogP contribution in [0.1, 0.15) is 28.3 Å². The van der Waals surface area contributed by atoms with Crippen LogP contribution in [-0.4, -0.2) is 5.78 Å². The predicted molar refractivity (Wildman–Crippen MR) is 80.2 cm³/mol. The van der Waals surface area contributed by atoms with Crippen molar-refractivity contribution in [3.05, 3.63) is 69.7 Å². The number of rotatable bonds is 4. The first-order chi connectivity index (χ1) is 9.65. The molecule has 0 aliphatic rings. The summed E-state index contributed by atoms with van der Waals surface area (Å²) in [5.41, 5.74) is 1.06. The molecule has 0 N–H and O–H groups in total. The fraction of sp³-hybridized carbons (Fsp3) is 0.125. The highest BCUT2D eigenvalue weighted by atomic mass is 35.5. The Balaban J connectivity index is 2.46. The van der Waals surface area contributed by atoms with Crippen LogP contribution in [0.5, 0.6) is 0 Å². The van der Waals surface area contributed by atoms with E-state index in [0.717, 1.165) is 5.56 Å². The Bertz CT molecular complexity index is 642. The van der Waals surface area contributed by atoms with E-state index in [1.807, 2.05) is 36.4 Å². The van der Waals surface area contributed by atoms with Crippen molar-refractivity contribution in [3.63, 3.8) is 0 Å². The van der Waals surface area contributed by atoms with Gasteiger partial charge in [0.05, 0.1) is 27.6 Å². The smallest absolute Gasteiger partial charge is 0.174 e. The number of nitrogens with zero attached hydrogens (tertiary/aromatic N) is 1. The van der Waals surface area contributed by atoms with Crippen molar-refractivity contribution in [1.82, 2.24) is 0 Å².